The van der Waals surface area contributed by atoms with Crippen LogP contribution >= 0.6 is 0 Å². The molecule has 0 unspecified atom stereocenters. The Kier molecular flexibility index (Phi) is 6.09. The number of methoxy groups -OCH3 is 1. The zero-order chi connectivity index (χ0) is 19.5. The van der Waals surface area contributed by atoms with Crippen LogP contribution in [0, 0.1) is 6.92 Å². The molecule has 2 rings (SSSR count). The van der Waals surface area contributed by atoms with E-state index in [9.17, 15) is 13.2 Å². The number of carbonyl (C=O) groups excluding carboxylic acids is 1. The summed E-state index contributed by atoms with van der Waals surface area (Å²) in [4.78, 5) is 12.8. The van der Waals surface area contributed by atoms with Gasteiger partial charge in [0, 0.05) is 26.3 Å². The van der Waals surface area contributed by atoms with E-state index in [4.69, 9.17) is 4.74 Å². The van der Waals surface area contributed by atoms with Crippen LogP contribution in [0.15, 0.2) is 35.4 Å². The van der Waals surface area contributed by atoms with Crippen LogP contribution in [0.2, 0.25) is 0 Å². The topological polar surface area (TPSA) is 80.6 Å². The third kappa shape index (κ3) is 3.91. The lowest BCUT2D eigenvalue weighted by molar-refractivity contribution is 0.101. The van der Waals surface area contributed by atoms with Crippen molar-refractivity contribution in [3.63, 3.8) is 0 Å². The highest BCUT2D eigenvalue weighted by atomic mass is 32.2. The summed E-state index contributed by atoms with van der Waals surface area (Å²) >= 11 is 0. The second-order valence-electron chi connectivity index (χ2n) is 5.92. The third-order valence-electron chi connectivity index (χ3n) is 4.16. The number of carbonyl (C=O) groups is 1. The average Bonchev–Trinajstić information content (AvgIpc) is 2.98. The highest BCUT2D eigenvalue weighted by molar-refractivity contribution is 7.89. The second-order valence-corrected chi connectivity index (χ2v) is 7.86. The van der Waals surface area contributed by atoms with Gasteiger partial charge in [-0.1, -0.05) is 19.9 Å². The molecule has 0 aliphatic rings. The van der Waals surface area contributed by atoms with E-state index < -0.39 is 15.9 Å². The SMILES string of the molecule is CCN(CC)S(=O)(=O)c1cc(C(=O)Nc2cc(C)ccc2OC)n(C)c1. The van der Waals surface area contributed by atoms with E-state index in [0.717, 1.165) is 5.56 Å². The average molecular weight is 379 g/mol. The Hall–Kier alpha value is -2.32. The molecule has 7 nitrogen and oxygen atoms in total. The molecule has 1 N–H and O–H groups in total. The first-order chi connectivity index (χ1) is 12.2. The minimum absolute atomic E-state index is 0.102. The minimum atomic E-state index is -3.62. The molecule has 0 atom stereocenters. The van der Waals surface area contributed by atoms with Gasteiger partial charge in [0.2, 0.25) is 10.0 Å². The molecule has 0 aliphatic carbocycles. The van der Waals surface area contributed by atoms with Crippen LogP contribution < -0.4 is 10.1 Å². The summed E-state index contributed by atoms with van der Waals surface area (Å²) in [6.07, 6.45) is 1.45. The van der Waals surface area contributed by atoms with Crippen molar-refractivity contribution in [2.45, 2.75) is 25.7 Å². The lowest BCUT2D eigenvalue weighted by Gasteiger charge is -2.17. The van der Waals surface area contributed by atoms with Crippen molar-refractivity contribution in [2.24, 2.45) is 7.05 Å². The Labute approximate surface area is 154 Å². The number of benzene rings is 1. The summed E-state index contributed by atoms with van der Waals surface area (Å²) in [7, 11) is -0.453. The number of aryl methyl sites for hydroxylation is 2. The van der Waals surface area contributed by atoms with Crippen molar-refractivity contribution in [3.8, 4) is 5.75 Å². The number of nitrogens with one attached hydrogen (secondary N) is 1. The molecular weight excluding hydrogens is 354 g/mol. The first kappa shape index (κ1) is 20.0. The van der Waals surface area contributed by atoms with Gasteiger partial charge in [-0.25, -0.2) is 8.42 Å². The molecule has 0 fully saturated rings. The number of sulfonamides is 1. The maximum atomic E-state index is 12.7. The first-order valence-electron chi connectivity index (χ1n) is 8.37. The van der Waals surface area contributed by atoms with Crippen molar-refractivity contribution < 1.29 is 17.9 Å². The normalized spacial score (nSPS) is 11.6. The van der Waals surface area contributed by atoms with Gasteiger partial charge in [0.25, 0.3) is 5.91 Å². The van der Waals surface area contributed by atoms with Crippen molar-refractivity contribution in [3.05, 3.63) is 41.7 Å². The molecule has 1 aromatic heterocycles. The fourth-order valence-corrected chi connectivity index (χ4v) is 4.25. The monoisotopic (exact) mass is 379 g/mol. The molecule has 0 saturated heterocycles. The molecule has 2 aromatic rings. The fourth-order valence-electron chi connectivity index (χ4n) is 2.72. The number of rotatable bonds is 7. The van der Waals surface area contributed by atoms with Crippen LogP contribution in [0.1, 0.15) is 29.9 Å². The fraction of sp³-hybridized carbons (Fsp3) is 0.389. The largest absolute Gasteiger partial charge is 0.495 e. The lowest BCUT2D eigenvalue weighted by atomic mass is 10.2. The Morgan fingerprint density at radius 1 is 1.23 bits per heavy atom. The first-order valence-corrected chi connectivity index (χ1v) is 9.81. The molecule has 0 bridgehead atoms. The number of hydrogen-bond donors (Lipinski definition) is 1. The molecule has 1 amide bonds. The van der Waals surface area contributed by atoms with Crippen LogP contribution in [0.3, 0.4) is 0 Å². The van der Waals surface area contributed by atoms with Gasteiger partial charge in [0.1, 0.15) is 16.3 Å². The third-order valence-corrected chi connectivity index (χ3v) is 6.17. The van der Waals surface area contributed by atoms with Gasteiger partial charge >= 0.3 is 0 Å². The van der Waals surface area contributed by atoms with Crippen molar-refractivity contribution in [2.75, 3.05) is 25.5 Å². The Balaban J connectivity index is 2.35. The van der Waals surface area contributed by atoms with Crippen LogP contribution in [-0.4, -0.2) is 43.4 Å². The molecule has 0 aliphatic heterocycles. The molecule has 0 radical (unpaired) electrons. The molecule has 0 spiro atoms. The predicted molar refractivity (Wildman–Crippen MR) is 101 cm³/mol. The summed E-state index contributed by atoms with van der Waals surface area (Å²) in [5.41, 5.74) is 1.75. The lowest BCUT2D eigenvalue weighted by Crippen LogP contribution is -2.30. The molecular formula is C18H25N3O4S. The number of aromatic nitrogens is 1. The van der Waals surface area contributed by atoms with Crippen LogP contribution in [-0.2, 0) is 17.1 Å². The molecule has 142 valence electrons. The maximum Gasteiger partial charge on any atom is 0.272 e. The standard InChI is InChI=1S/C18H25N3O4S/c1-6-21(7-2)26(23,24)14-11-16(20(4)12-14)18(22)19-15-10-13(3)8-9-17(15)25-5/h8-12H,6-7H2,1-5H3,(H,19,22). The van der Waals surface area contributed by atoms with E-state index in [-0.39, 0.29) is 10.6 Å². The van der Waals surface area contributed by atoms with Gasteiger partial charge < -0.3 is 14.6 Å². The highest BCUT2D eigenvalue weighted by Crippen LogP contribution is 2.26. The van der Waals surface area contributed by atoms with Crippen LogP contribution in [0.4, 0.5) is 5.69 Å². The molecule has 26 heavy (non-hydrogen) atoms. The summed E-state index contributed by atoms with van der Waals surface area (Å²) in [6.45, 7) is 6.21. The summed E-state index contributed by atoms with van der Waals surface area (Å²) in [6, 6.07) is 6.84. The van der Waals surface area contributed by atoms with Crippen LogP contribution in [0.25, 0.3) is 0 Å². The smallest absolute Gasteiger partial charge is 0.272 e. The maximum absolute atomic E-state index is 12.7. The van der Waals surface area contributed by atoms with E-state index in [2.05, 4.69) is 5.32 Å². The van der Waals surface area contributed by atoms with Gasteiger partial charge in [-0.3, -0.25) is 4.79 Å². The molecule has 8 heteroatoms. The molecule has 1 heterocycles. The van der Waals surface area contributed by atoms with Crippen LogP contribution in [0.5, 0.6) is 5.75 Å². The number of hydrogen-bond acceptors (Lipinski definition) is 4. The highest BCUT2D eigenvalue weighted by Gasteiger charge is 2.25. The summed E-state index contributed by atoms with van der Waals surface area (Å²) < 4.78 is 33.4. The Morgan fingerprint density at radius 2 is 1.88 bits per heavy atom. The van der Waals surface area contributed by atoms with E-state index >= 15 is 0 Å². The van der Waals surface area contributed by atoms with E-state index in [1.807, 2.05) is 13.0 Å². The number of amides is 1. The summed E-state index contributed by atoms with van der Waals surface area (Å²) in [5, 5.41) is 2.79. The van der Waals surface area contributed by atoms with Gasteiger partial charge in [-0.15, -0.1) is 0 Å². The number of anilines is 1. The van der Waals surface area contributed by atoms with Gasteiger partial charge in [-0.2, -0.15) is 4.31 Å². The second kappa shape index (κ2) is 7.92. The quantitative estimate of drug-likeness (QED) is 0.802. The van der Waals surface area contributed by atoms with E-state index in [1.54, 1.807) is 33.0 Å². The minimum Gasteiger partial charge on any atom is -0.495 e. The van der Waals surface area contributed by atoms with Gasteiger partial charge in [-0.05, 0) is 30.7 Å². The predicted octanol–water partition coefficient (Wildman–Crippen LogP) is 2.62. The van der Waals surface area contributed by atoms with Crippen molar-refractivity contribution >= 4 is 21.6 Å². The number of ether oxygens (including phenoxy) is 1. The molecule has 1 aromatic carbocycles. The van der Waals surface area contributed by atoms with E-state index in [0.29, 0.717) is 24.5 Å². The zero-order valence-corrected chi connectivity index (χ0v) is 16.6. The number of nitrogens with zero attached hydrogens (tertiary/aromatic N) is 2. The summed E-state index contributed by atoms with van der Waals surface area (Å²) in [5.74, 6) is 0.131. The molecule has 0 saturated carbocycles. The van der Waals surface area contributed by atoms with Crippen molar-refractivity contribution in [1.82, 2.24) is 8.87 Å². The Morgan fingerprint density at radius 3 is 2.46 bits per heavy atom. The zero-order valence-electron chi connectivity index (χ0n) is 15.7. The van der Waals surface area contributed by atoms with Gasteiger partial charge in [0.05, 0.1) is 12.8 Å². The Bertz CT molecular complexity index is 899. The van der Waals surface area contributed by atoms with E-state index in [1.165, 1.54) is 28.2 Å². The van der Waals surface area contributed by atoms with Gasteiger partial charge in [0.15, 0.2) is 0 Å². The van der Waals surface area contributed by atoms with Crippen molar-refractivity contribution in [1.29, 1.82) is 0 Å².